The Labute approximate surface area is 193 Å². The summed E-state index contributed by atoms with van der Waals surface area (Å²) in [6.07, 6.45) is -4.97. The molecule has 35 heavy (non-hydrogen) atoms. The molecule has 2 heterocycles. The van der Waals surface area contributed by atoms with Crippen molar-refractivity contribution in [3.05, 3.63) is 80.1 Å². The number of alkyl halides is 3. The second-order valence-electron chi connectivity index (χ2n) is 7.48. The summed E-state index contributed by atoms with van der Waals surface area (Å²) in [4.78, 5) is 54.5. The van der Waals surface area contributed by atoms with Gasteiger partial charge in [0.2, 0.25) is 17.8 Å². The number of nitrogens with one attached hydrogen (secondary N) is 4. The largest absolute Gasteiger partial charge is 0.416 e. The van der Waals surface area contributed by atoms with E-state index in [0.29, 0.717) is 0 Å². The van der Waals surface area contributed by atoms with E-state index in [4.69, 9.17) is 0 Å². The monoisotopic (exact) mass is 488 g/mol. The van der Waals surface area contributed by atoms with E-state index in [1.165, 1.54) is 24.3 Å². The van der Waals surface area contributed by atoms with Crippen LogP contribution in [0, 0.1) is 10.1 Å². The Morgan fingerprint density at radius 1 is 1.11 bits per heavy atom. The number of carbonyl (C=O) groups is 2. The number of anilines is 4. The van der Waals surface area contributed by atoms with Gasteiger partial charge >= 0.3 is 6.18 Å². The van der Waals surface area contributed by atoms with E-state index in [1.54, 1.807) is 0 Å². The molecule has 0 saturated heterocycles. The van der Waals surface area contributed by atoms with Crippen LogP contribution in [-0.2, 0) is 15.8 Å². The SMILES string of the molecule is O=C1C[C@H](C(=O)Nc2cccc([N+](=O)[O-])c2)c2c(nc(Nc3cccc(C(F)(F)F)c3)[nH]c2=O)N1. The van der Waals surface area contributed by atoms with Crippen LogP contribution in [0.1, 0.15) is 23.5 Å². The predicted molar refractivity (Wildman–Crippen MR) is 117 cm³/mol. The summed E-state index contributed by atoms with van der Waals surface area (Å²) in [7, 11) is 0. The molecule has 0 radical (unpaired) electrons. The van der Waals surface area contributed by atoms with Crippen LogP contribution in [-0.4, -0.2) is 26.7 Å². The lowest BCUT2D eigenvalue weighted by Gasteiger charge is -2.23. The molecule has 180 valence electrons. The lowest BCUT2D eigenvalue weighted by molar-refractivity contribution is -0.384. The van der Waals surface area contributed by atoms with Crippen molar-refractivity contribution in [1.82, 2.24) is 9.97 Å². The molecule has 11 nitrogen and oxygen atoms in total. The fourth-order valence-electron chi connectivity index (χ4n) is 3.49. The number of non-ortho nitro benzene ring substituents is 1. The van der Waals surface area contributed by atoms with E-state index in [9.17, 15) is 37.7 Å². The first-order valence-corrected chi connectivity index (χ1v) is 9.95. The summed E-state index contributed by atoms with van der Waals surface area (Å²) in [5, 5.41) is 18.3. The Balaban J connectivity index is 1.62. The molecule has 0 fully saturated rings. The number of hydrogen-bond donors (Lipinski definition) is 4. The summed E-state index contributed by atoms with van der Waals surface area (Å²) in [5.74, 6) is -3.16. The fraction of sp³-hybridized carbons (Fsp3) is 0.143. The third kappa shape index (κ3) is 5.10. The normalized spacial score (nSPS) is 15.1. The van der Waals surface area contributed by atoms with E-state index in [0.717, 1.165) is 24.3 Å². The first kappa shape index (κ1) is 23.4. The number of rotatable bonds is 5. The number of benzene rings is 2. The van der Waals surface area contributed by atoms with Crippen molar-refractivity contribution in [2.45, 2.75) is 18.5 Å². The molecule has 4 N–H and O–H groups in total. The van der Waals surface area contributed by atoms with Gasteiger partial charge in [-0.15, -0.1) is 0 Å². The van der Waals surface area contributed by atoms with Crippen molar-refractivity contribution in [3.8, 4) is 0 Å². The Morgan fingerprint density at radius 3 is 2.54 bits per heavy atom. The van der Waals surface area contributed by atoms with Crippen LogP contribution in [0.15, 0.2) is 53.3 Å². The van der Waals surface area contributed by atoms with Crippen LogP contribution in [0.2, 0.25) is 0 Å². The zero-order valence-corrected chi connectivity index (χ0v) is 17.5. The molecule has 1 aliphatic rings. The number of halogens is 3. The molecule has 0 bridgehead atoms. The highest BCUT2D eigenvalue weighted by atomic mass is 19.4. The van der Waals surface area contributed by atoms with Gasteiger partial charge in [0.15, 0.2) is 0 Å². The van der Waals surface area contributed by atoms with Crippen molar-refractivity contribution in [1.29, 1.82) is 0 Å². The Bertz CT molecular complexity index is 1400. The maximum Gasteiger partial charge on any atom is 0.416 e. The number of carbonyl (C=O) groups excluding carboxylic acids is 2. The Hall–Kier alpha value is -4.75. The maximum absolute atomic E-state index is 13.0. The molecule has 1 atom stereocenters. The molecule has 0 spiro atoms. The topological polar surface area (TPSA) is 159 Å². The summed E-state index contributed by atoms with van der Waals surface area (Å²) in [6.45, 7) is 0. The van der Waals surface area contributed by atoms with Gasteiger partial charge in [0.25, 0.3) is 11.2 Å². The van der Waals surface area contributed by atoms with Gasteiger partial charge in [0.1, 0.15) is 5.82 Å². The number of amides is 2. The average Bonchev–Trinajstić information content (AvgIpc) is 2.78. The van der Waals surface area contributed by atoms with Crippen LogP contribution in [0.5, 0.6) is 0 Å². The molecule has 0 saturated carbocycles. The zero-order valence-electron chi connectivity index (χ0n) is 17.5. The average molecular weight is 488 g/mol. The standard InChI is InChI=1S/C21H15F3N6O5/c22-21(23,24)10-3-1-4-11(7-10)26-20-28-17-16(19(33)29-20)14(9-15(31)27-17)18(32)25-12-5-2-6-13(8-12)30(34)35/h1-8,14H,9H2,(H,25,32)(H3,26,27,28,29,31,33)/t14-/m0/s1. The number of aromatic nitrogens is 2. The quantitative estimate of drug-likeness (QED) is 0.316. The number of aromatic amines is 1. The molecule has 2 aromatic carbocycles. The van der Waals surface area contributed by atoms with Crippen molar-refractivity contribution in [3.63, 3.8) is 0 Å². The van der Waals surface area contributed by atoms with E-state index in [-0.39, 0.29) is 40.8 Å². The van der Waals surface area contributed by atoms with Gasteiger partial charge in [-0.3, -0.25) is 29.5 Å². The van der Waals surface area contributed by atoms with Crippen LogP contribution in [0.4, 0.5) is 42.0 Å². The molecule has 2 amide bonds. The van der Waals surface area contributed by atoms with Gasteiger partial charge in [-0.1, -0.05) is 12.1 Å². The van der Waals surface area contributed by atoms with Crippen molar-refractivity contribution in [2.24, 2.45) is 0 Å². The minimum Gasteiger partial charge on any atom is -0.326 e. The first-order valence-electron chi connectivity index (χ1n) is 9.95. The first-order chi connectivity index (χ1) is 16.5. The molecule has 14 heteroatoms. The number of nitrogens with zero attached hydrogens (tertiary/aromatic N) is 2. The summed E-state index contributed by atoms with van der Waals surface area (Å²) < 4.78 is 38.9. The molecule has 0 aliphatic carbocycles. The van der Waals surface area contributed by atoms with Crippen molar-refractivity contribution >= 4 is 40.6 Å². The zero-order chi connectivity index (χ0) is 25.3. The number of nitro benzene ring substituents is 1. The fourth-order valence-corrected chi connectivity index (χ4v) is 3.49. The predicted octanol–water partition coefficient (Wildman–Crippen LogP) is 3.51. The lowest BCUT2D eigenvalue weighted by Crippen LogP contribution is -2.36. The molecular formula is C21H15F3N6O5. The summed E-state index contributed by atoms with van der Waals surface area (Å²) >= 11 is 0. The van der Waals surface area contributed by atoms with E-state index >= 15 is 0 Å². The van der Waals surface area contributed by atoms with Gasteiger partial charge in [0, 0.05) is 29.9 Å². The van der Waals surface area contributed by atoms with Crippen LogP contribution >= 0.6 is 0 Å². The number of H-pyrrole nitrogens is 1. The number of fused-ring (bicyclic) bond motifs is 1. The van der Waals surface area contributed by atoms with Crippen LogP contribution < -0.4 is 21.5 Å². The lowest BCUT2D eigenvalue weighted by atomic mass is 9.92. The summed E-state index contributed by atoms with van der Waals surface area (Å²) in [5.41, 5.74) is -2.09. The Kier molecular flexibility index (Phi) is 5.94. The van der Waals surface area contributed by atoms with E-state index in [1.807, 2.05) is 0 Å². The molecule has 1 aromatic heterocycles. The Morgan fingerprint density at radius 2 is 1.83 bits per heavy atom. The van der Waals surface area contributed by atoms with Gasteiger partial charge in [0.05, 0.1) is 22.0 Å². The van der Waals surface area contributed by atoms with Gasteiger partial charge in [-0.05, 0) is 24.3 Å². The van der Waals surface area contributed by atoms with Gasteiger partial charge in [-0.2, -0.15) is 18.2 Å². The molecular weight excluding hydrogens is 473 g/mol. The molecule has 4 rings (SSSR count). The highest BCUT2D eigenvalue weighted by Gasteiger charge is 2.35. The molecule has 1 aliphatic heterocycles. The smallest absolute Gasteiger partial charge is 0.326 e. The third-order valence-corrected chi connectivity index (χ3v) is 5.04. The minimum atomic E-state index is -4.58. The maximum atomic E-state index is 13.0. The van der Waals surface area contributed by atoms with Crippen LogP contribution in [0.25, 0.3) is 0 Å². The number of nitro groups is 1. The van der Waals surface area contributed by atoms with E-state index < -0.39 is 40.0 Å². The summed E-state index contributed by atoms with van der Waals surface area (Å²) in [6, 6.07) is 9.28. The highest BCUT2D eigenvalue weighted by Crippen LogP contribution is 2.33. The minimum absolute atomic E-state index is 0.0231. The second-order valence-corrected chi connectivity index (χ2v) is 7.48. The van der Waals surface area contributed by atoms with Gasteiger partial charge in [-0.25, -0.2) is 0 Å². The molecule has 3 aromatic rings. The van der Waals surface area contributed by atoms with E-state index in [2.05, 4.69) is 25.9 Å². The highest BCUT2D eigenvalue weighted by molar-refractivity contribution is 6.04. The van der Waals surface area contributed by atoms with Crippen LogP contribution in [0.3, 0.4) is 0 Å². The van der Waals surface area contributed by atoms with Gasteiger partial charge < -0.3 is 16.0 Å². The van der Waals surface area contributed by atoms with Crippen molar-refractivity contribution in [2.75, 3.05) is 16.0 Å². The third-order valence-electron chi connectivity index (χ3n) is 5.04. The molecule has 0 unspecified atom stereocenters. The second kappa shape index (κ2) is 8.89. The number of hydrogen-bond acceptors (Lipinski definition) is 7. The van der Waals surface area contributed by atoms with Crippen molar-refractivity contribution < 1.29 is 27.7 Å².